The highest BCUT2D eigenvalue weighted by Gasteiger charge is 2.54. The predicted molar refractivity (Wildman–Crippen MR) is 98.8 cm³/mol. The van der Waals surface area contributed by atoms with E-state index in [9.17, 15) is 19.5 Å². The Labute approximate surface area is 161 Å². The van der Waals surface area contributed by atoms with Crippen molar-refractivity contribution in [3.05, 3.63) is 22.3 Å². The number of thiazole rings is 1. The first-order chi connectivity index (χ1) is 12.9. The van der Waals surface area contributed by atoms with Crippen LogP contribution in [0.15, 0.2) is 21.8 Å². The lowest BCUT2D eigenvalue weighted by atomic mass is 10.0. The molecule has 1 fully saturated rings. The number of hydrogen-bond acceptors (Lipinski definition) is 10. The number of amides is 2. The van der Waals surface area contributed by atoms with E-state index in [-0.39, 0.29) is 28.8 Å². The van der Waals surface area contributed by atoms with Gasteiger partial charge < -0.3 is 26.7 Å². The summed E-state index contributed by atoms with van der Waals surface area (Å²) in [6, 6.07) is -0.894. The number of β-lactam (4-membered cyclic amide) rings is 1. The van der Waals surface area contributed by atoms with Crippen molar-refractivity contribution in [2.75, 3.05) is 25.1 Å². The number of aliphatic carboxylic acids is 1. The van der Waals surface area contributed by atoms with Crippen molar-refractivity contribution < 1.29 is 24.3 Å². The highest BCUT2D eigenvalue weighted by Crippen LogP contribution is 2.40. The number of rotatable bonds is 6. The zero-order chi connectivity index (χ0) is 19.7. The molecule has 11 nitrogen and oxygen atoms in total. The quantitative estimate of drug-likeness (QED) is 0.253. The molecular formula is C14H16N6O5S2. The van der Waals surface area contributed by atoms with Crippen LogP contribution in [0.5, 0.6) is 0 Å². The van der Waals surface area contributed by atoms with Gasteiger partial charge in [-0.1, -0.05) is 5.16 Å². The molecule has 2 aliphatic heterocycles. The number of nitrogens with zero attached hydrogens (tertiary/aromatic N) is 3. The molecule has 0 saturated carbocycles. The third kappa shape index (κ3) is 3.36. The minimum Gasteiger partial charge on any atom is -0.477 e. The van der Waals surface area contributed by atoms with Crippen LogP contribution in [0.1, 0.15) is 5.69 Å². The lowest BCUT2D eigenvalue weighted by molar-refractivity contribution is -0.150. The van der Waals surface area contributed by atoms with Crippen molar-refractivity contribution in [1.82, 2.24) is 15.2 Å². The summed E-state index contributed by atoms with van der Waals surface area (Å²) in [4.78, 5) is 46.4. The number of aromatic nitrogens is 1. The molecule has 0 spiro atoms. The van der Waals surface area contributed by atoms with Crippen molar-refractivity contribution in [3.63, 3.8) is 0 Å². The van der Waals surface area contributed by atoms with Crippen molar-refractivity contribution in [2.45, 2.75) is 11.4 Å². The van der Waals surface area contributed by atoms with Gasteiger partial charge in [0.15, 0.2) is 10.8 Å². The predicted octanol–water partition coefficient (Wildman–Crippen LogP) is -1.23. The van der Waals surface area contributed by atoms with Crippen LogP contribution in [0, 0.1) is 0 Å². The van der Waals surface area contributed by atoms with E-state index < -0.39 is 29.2 Å². The van der Waals surface area contributed by atoms with Crippen molar-refractivity contribution in [2.24, 2.45) is 10.9 Å². The maximum Gasteiger partial charge on any atom is 0.352 e. The molecule has 1 saturated heterocycles. The van der Waals surface area contributed by atoms with Crippen molar-refractivity contribution in [3.8, 4) is 0 Å². The van der Waals surface area contributed by atoms with Gasteiger partial charge in [0.05, 0.1) is 0 Å². The fraction of sp³-hybridized carbons (Fsp3) is 0.357. The zero-order valence-corrected chi connectivity index (χ0v) is 15.7. The van der Waals surface area contributed by atoms with Crippen LogP contribution >= 0.6 is 23.1 Å². The zero-order valence-electron chi connectivity index (χ0n) is 14.0. The van der Waals surface area contributed by atoms with E-state index in [2.05, 4.69) is 20.3 Å². The highest BCUT2D eigenvalue weighted by atomic mass is 32.2. The first-order valence-corrected chi connectivity index (χ1v) is 9.55. The molecule has 144 valence electrons. The number of carboxylic acid groups (broad SMARTS) is 1. The molecule has 1 aromatic heterocycles. The number of carbonyl (C=O) groups excluding carboxylic acids is 2. The van der Waals surface area contributed by atoms with Crippen molar-refractivity contribution in [1.29, 1.82) is 0 Å². The van der Waals surface area contributed by atoms with Gasteiger partial charge in [0.2, 0.25) is 0 Å². The summed E-state index contributed by atoms with van der Waals surface area (Å²) in [6.07, 6.45) is 0. The fourth-order valence-electron chi connectivity index (χ4n) is 2.74. The second kappa shape index (κ2) is 7.54. The average Bonchev–Trinajstić information content (AvgIpc) is 3.08. The standard InChI is InChI=1S/C14H16N6O5S2/c1-25-19-7(6-4-27-14(16)17-6)10(21)18-8-11(22)20-9(13(23)24)5(2-15)3-26-12(8)20/h4,8,12H,2-3,15H2,1H3,(H2,16,17)(H,18,21)(H,23,24)/t8-,12-/m1/s1. The van der Waals surface area contributed by atoms with Gasteiger partial charge in [-0.05, 0) is 5.57 Å². The molecular weight excluding hydrogens is 396 g/mol. The lowest BCUT2D eigenvalue weighted by Gasteiger charge is -2.49. The Morgan fingerprint density at radius 1 is 1.56 bits per heavy atom. The molecule has 0 aliphatic carbocycles. The Hall–Kier alpha value is -2.64. The summed E-state index contributed by atoms with van der Waals surface area (Å²) in [5, 5.41) is 16.9. The Morgan fingerprint density at radius 2 is 2.30 bits per heavy atom. The van der Waals surface area contributed by atoms with Gasteiger partial charge in [0.25, 0.3) is 11.8 Å². The Balaban J connectivity index is 1.79. The first kappa shape index (κ1) is 19.1. The summed E-state index contributed by atoms with van der Waals surface area (Å²) in [5.74, 6) is -2.07. The summed E-state index contributed by atoms with van der Waals surface area (Å²) < 4.78 is 0. The van der Waals surface area contributed by atoms with Crippen LogP contribution in [0.2, 0.25) is 0 Å². The van der Waals surface area contributed by atoms with E-state index in [0.29, 0.717) is 11.3 Å². The van der Waals surface area contributed by atoms with Crippen LogP contribution in [-0.4, -0.2) is 69.3 Å². The first-order valence-electron chi connectivity index (χ1n) is 7.62. The number of hydrogen-bond donors (Lipinski definition) is 4. The molecule has 13 heteroatoms. The fourth-order valence-corrected chi connectivity index (χ4v) is 4.65. The third-order valence-corrected chi connectivity index (χ3v) is 5.96. The van der Waals surface area contributed by atoms with Crippen LogP contribution < -0.4 is 16.8 Å². The number of fused-ring (bicyclic) bond motifs is 1. The second-order valence-corrected chi connectivity index (χ2v) is 7.51. The largest absolute Gasteiger partial charge is 0.477 e. The van der Waals surface area contributed by atoms with Gasteiger partial charge in [-0.2, -0.15) is 0 Å². The molecule has 3 rings (SSSR count). The molecule has 0 radical (unpaired) electrons. The van der Waals surface area contributed by atoms with Crippen LogP contribution in [-0.2, 0) is 19.2 Å². The molecule has 6 N–H and O–H groups in total. The van der Waals surface area contributed by atoms with Crippen molar-refractivity contribution >= 4 is 51.7 Å². The number of nitrogen functional groups attached to an aromatic ring is 1. The summed E-state index contributed by atoms with van der Waals surface area (Å²) >= 11 is 2.46. The average molecular weight is 412 g/mol. The minimum atomic E-state index is -1.22. The molecule has 2 aliphatic rings. The summed E-state index contributed by atoms with van der Waals surface area (Å²) in [6.45, 7) is 0.0397. The Bertz CT molecular complexity index is 866. The number of carbonyl (C=O) groups is 3. The molecule has 2 atom stereocenters. The molecule has 2 amide bonds. The molecule has 3 heterocycles. The van der Waals surface area contributed by atoms with E-state index >= 15 is 0 Å². The number of anilines is 1. The van der Waals surface area contributed by atoms with Gasteiger partial charge >= 0.3 is 5.97 Å². The highest BCUT2D eigenvalue weighted by molar-refractivity contribution is 8.00. The van der Waals surface area contributed by atoms with Gasteiger partial charge in [-0.3, -0.25) is 14.5 Å². The molecule has 1 aromatic rings. The Kier molecular flexibility index (Phi) is 5.34. The molecule has 0 bridgehead atoms. The van der Waals surface area contributed by atoms with Crippen LogP contribution in [0.25, 0.3) is 0 Å². The minimum absolute atomic E-state index is 0.0397. The lowest BCUT2D eigenvalue weighted by Crippen LogP contribution is -2.71. The van der Waals surface area contributed by atoms with E-state index in [1.165, 1.54) is 24.3 Å². The number of carboxylic acids is 1. The molecule has 0 unspecified atom stereocenters. The van der Waals surface area contributed by atoms with Gasteiger partial charge in [0, 0.05) is 17.7 Å². The smallest absolute Gasteiger partial charge is 0.352 e. The van der Waals surface area contributed by atoms with Crippen LogP contribution in [0.3, 0.4) is 0 Å². The van der Waals surface area contributed by atoms with Gasteiger partial charge in [-0.15, -0.1) is 23.1 Å². The number of oxime groups is 1. The summed E-state index contributed by atoms with van der Waals surface area (Å²) in [5.41, 5.74) is 11.6. The van der Waals surface area contributed by atoms with Gasteiger partial charge in [-0.25, -0.2) is 9.78 Å². The number of thioether (sulfide) groups is 1. The second-order valence-electron chi connectivity index (χ2n) is 5.52. The third-order valence-electron chi connectivity index (χ3n) is 3.95. The Morgan fingerprint density at radius 3 is 2.85 bits per heavy atom. The monoisotopic (exact) mass is 412 g/mol. The SMILES string of the molecule is CON=C(C(=O)N[C@@H]1C(=O)N2C(C(=O)O)=C(CN)CS[C@H]12)c1csc(N)n1. The normalized spacial score (nSPS) is 22.2. The van der Waals surface area contributed by atoms with E-state index in [4.69, 9.17) is 11.5 Å². The maximum absolute atomic E-state index is 12.6. The van der Waals surface area contributed by atoms with Crippen LogP contribution in [0.4, 0.5) is 5.13 Å². The number of nitrogens with one attached hydrogen (secondary N) is 1. The van der Waals surface area contributed by atoms with Gasteiger partial charge in [0.1, 0.15) is 29.9 Å². The molecule has 27 heavy (non-hydrogen) atoms. The summed E-state index contributed by atoms with van der Waals surface area (Å²) in [7, 11) is 1.27. The topological polar surface area (TPSA) is 173 Å². The molecule has 0 aromatic carbocycles. The van der Waals surface area contributed by atoms with E-state index in [1.54, 1.807) is 0 Å². The maximum atomic E-state index is 12.6. The van der Waals surface area contributed by atoms with E-state index in [1.807, 2.05) is 0 Å². The van der Waals surface area contributed by atoms with E-state index in [0.717, 1.165) is 16.2 Å². The number of nitrogens with two attached hydrogens (primary N) is 2.